The predicted molar refractivity (Wildman–Crippen MR) is 167 cm³/mol. The second kappa shape index (κ2) is 13.3. The number of ether oxygens (including phenoxy) is 1. The number of nitrogens with one attached hydrogen (secondary N) is 3. The lowest BCUT2D eigenvalue weighted by Gasteiger charge is -2.21. The van der Waals surface area contributed by atoms with Gasteiger partial charge in [-0.3, -0.25) is 9.36 Å². The van der Waals surface area contributed by atoms with Gasteiger partial charge in [0.1, 0.15) is 12.2 Å². The first kappa shape index (κ1) is 29.9. The van der Waals surface area contributed by atoms with Crippen molar-refractivity contribution in [3.8, 4) is 0 Å². The van der Waals surface area contributed by atoms with Crippen molar-refractivity contribution in [2.24, 2.45) is 0 Å². The Morgan fingerprint density at radius 3 is 2.36 bits per heavy atom. The normalized spacial score (nSPS) is 23.8. The number of carbonyl (C=O) groups is 1. The molecule has 4 aromatic rings. The van der Waals surface area contributed by atoms with E-state index in [0.717, 1.165) is 26.1 Å². The molecule has 12 heteroatoms. The number of aliphatic hydroxyl groups is 2. The number of likely N-dealkylation sites (tertiary alicyclic amines) is 1. The van der Waals surface area contributed by atoms with E-state index in [1.165, 1.54) is 17.5 Å². The average Bonchev–Trinajstić information content (AvgIpc) is 3.76. The van der Waals surface area contributed by atoms with Crippen molar-refractivity contribution in [1.82, 2.24) is 29.7 Å². The van der Waals surface area contributed by atoms with Crippen LogP contribution in [0.2, 0.25) is 0 Å². The van der Waals surface area contributed by atoms with E-state index in [0.29, 0.717) is 36.0 Å². The number of aliphatic hydroxyl groups excluding tert-OH is 2. The lowest BCUT2D eigenvalue weighted by molar-refractivity contribution is -0.137. The molecule has 2 saturated heterocycles. The summed E-state index contributed by atoms with van der Waals surface area (Å²) in [5.41, 5.74) is 3.24. The van der Waals surface area contributed by atoms with Crippen molar-refractivity contribution >= 4 is 28.8 Å². The van der Waals surface area contributed by atoms with Crippen LogP contribution in [-0.4, -0.2) is 97.6 Å². The molecule has 2 aromatic heterocycles. The van der Waals surface area contributed by atoms with Gasteiger partial charge in [-0.05, 0) is 31.0 Å². The first-order valence-electron chi connectivity index (χ1n) is 15.3. The number of rotatable bonds is 11. The van der Waals surface area contributed by atoms with Gasteiger partial charge in [-0.15, -0.1) is 0 Å². The predicted octanol–water partition coefficient (Wildman–Crippen LogP) is 2.33. The van der Waals surface area contributed by atoms with E-state index in [-0.39, 0.29) is 12.0 Å². The van der Waals surface area contributed by atoms with Gasteiger partial charge < -0.3 is 35.8 Å². The molecule has 0 radical (unpaired) electrons. The zero-order chi connectivity index (χ0) is 30.6. The van der Waals surface area contributed by atoms with Crippen molar-refractivity contribution in [3.63, 3.8) is 0 Å². The Hall–Kier alpha value is -4.10. The van der Waals surface area contributed by atoms with Crippen molar-refractivity contribution in [1.29, 1.82) is 0 Å². The highest BCUT2D eigenvalue weighted by Gasteiger charge is 2.47. The van der Waals surface area contributed by atoms with Gasteiger partial charge in [0.05, 0.1) is 6.33 Å². The third kappa shape index (κ3) is 6.11. The van der Waals surface area contributed by atoms with Crippen LogP contribution in [0.25, 0.3) is 11.2 Å². The maximum Gasteiger partial charge on any atom is 0.252 e. The van der Waals surface area contributed by atoms with E-state index >= 15 is 0 Å². The van der Waals surface area contributed by atoms with Crippen molar-refractivity contribution in [3.05, 3.63) is 78.1 Å². The van der Waals surface area contributed by atoms with Crippen LogP contribution in [0.1, 0.15) is 43.5 Å². The third-order valence-corrected chi connectivity index (χ3v) is 8.47. The standard InChI is InChI=1S/C32H40N8O4/c1-3-33-30(43)27-25(41)26(42)31(44-27)40-19-35-24-28(37-32(38-29(24)40)36-22-15-16-39(4-2)18-22)34-17-23(20-11-7-5-8-12-20)21-13-9-6-10-14-21/h5-14,19,22-23,25-27,31,41-42H,3-4,15-18H2,1-2H3,(H,33,43)(H2,34,36,37,38)/t22?,25-,26+,27-,31+/m0/s1. The molecule has 2 fully saturated rings. The number of anilines is 2. The summed E-state index contributed by atoms with van der Waals surface area (Å²) in [7, 11) is 0. The number of amides is 1. The second-order valence-corrected chi connectivity index (χ2v) is 11.3. The SMILES string of the molecule is CCNC(=O)[C@H]1O[C@@H](n2cnc3c(NCC(c4ccccc4)c4ccccc4)nc(NC4CCN(CC)C4)nc32)[C@H](O)[C@@H]1O. The highest BCUT2D eigenvalue weighted by molar-refractivity contribution is 5.85. The van der Waals surface area contributed by atoms with E-state index < -0.39 is 30.4 Å². The molecule has 4 heterocycles. The van der Waals surface area contributed by atoms with Gasteiger partial charge in [0.2, 0.25) is 5.95 Å². The maximum atomic E-state index is 12.5. The molecule has 1 unspecified atom stereocenters. The molecule has 5 N–H and O–H groups in total. The van der Waals surface area contributed by atoms with Gasteiger partial charge in [0, 0.05) is 38.1 Å². The third-order valence-electron chi connectivity index (χ3n) is 8.47. The fraction of sp³-hybridized carbons (Fsp3) is 0.438. The largest absolute Gasteiger partial charge is 0.387 e. The Bertz CT molecular complexity index is 1510. The monoisotopic (exact) mass is 600 g/mol. The lowest BCUT2D eigenvalue weighted by Crippen LogP contribution is -2.42. The summed E-state index contributed by atoms with van der Waals surface area (Å²) < 4.78 is 7.48. The molecule has 6 rings (SSSR count). The molecule has 2 aromatic carbocycles. The molecule has 12 nitrogen and oxygen atoms in total. The minimum atomic E-state index is -1.41. The number of hydrogen-bond acceptors (Lipinski definition) is 10. The molecule has 5 atom stereocenters. The van der Waals surface area contributed by atoms with E-state index in [2.05, 4.69) is 57.0 Å². The van der Waals surface area contributed by atoms with Gasteiger partial charge in [0.25, 0.3) is 5.91 Å². The molecule has 2 aliphatic rings. The highest BCUT2D eigenvalue weighted by atomic mass is 16.6. The van der Waals surface area contributed by atoms with Crippen molar-refractivity contribution in [2.45, 2.75) is 56.8 Å². The van der Waals surface area contributed by atoms with E-state index in [9.17, 15) is 15.0 Å². The topological polar surface area (TPSA) is 150 Å². The summed E-state index contributed by atoms with van der Waals surface area (Å²) in [5, 5.41) is 31.3. The zero-order valence-corrected chi connectivity index (χ0v) is 25.0. The van der Waals surface area contributed by atoms with Crippen molar-refractivity contribution < 1.29 is 19.7 Å². The molecule has 1 amide bonds. The Morgan fingerprint density at radius 2 is 1.73 bits per heavy atom. The minimum Gasteiger partial charge on any atom is -0.387 e. The van der Waals surface area contributed by atoms with Gasteiger partial charge in [-0.1, -0.05) is 67.6 Å². The number of benzene rings is 2. The number of fused-ring (bicyclic) bond motifs is 1. The lowest BCUT2D eigenvalue weighted by atomic mass is 9.91. The zero-order valence-electron chi connectivity index (χ0n) is 25.0. The number of aromatic nitrogens is 4. The van der Waals surface area contributed by atoms with Gasteiger partial charge in [-0.2, -0.15) is 9.97 Å². The quantitative estimate of drug-likeness (QED) is 0.174. The average molecular weight is 601 g/mol. The molecule has 0 aliphatic carbocycles. The van der Waals surface area contributed by atoms with Gasteiger partial charge in [0.15, 0.2) is 29.3 Å². The van der Waals surface area contributed by atoms with Gasteiger partial charge in [-0.25, -0.2) is 4.98 Å². The molecule has 0 saturated carbocycles. The maximum absolute atomic E-state index is 12.5. The molecule has 2 aliphatic heterocycles. The summed E-state index contributed by atoms with van der Waals surface area (Å²) in [5.74, 6) is 0.516. The van der Waals surface area contributed by atoms with E-state index in [1.54, 1.807) is 11.5 Å². The number of imidazole rings is 1. The smallest absolute Gasteiger partial charge is 0.252 e. The molecule has 44 heavy (non-hydrogen) atoms. The van der Waals surface area contributed by atoms with Crippen LogP contribution >= 0.6 is 0 Å². The van der Waals surface area contributed by atoms with E-state index in [4.69, 9.17) is 14.7 Å². The molecule has 0 spiro atoms. The van der Waals surface area contributed by atoms with Gasteiger partial charge >= 0.3 is 0 Å². The van der Waals surface area contributed by atoms with Crippen LogP contribution in [0.5, 0.6) is 0 Å². The second-order valence-electron chi connectivity index (χ2n) is 11.3. The van der Waals surface area contributed by atoms with Crippen molar-refractivity contribution in [2.75, 3.05) is 43.4 Å². The van der Waals surface area contributed by atoms with E-state index in [1.807, 2.05) is 36.4 Å². The van der Waals surface area contributed by atoms with Crippen LogP contribution in [0.3, 0.4) is 0 Å². The Balaban J connectivity index is 1.34. The summed E-state index contributed by atoms with van der Waals surface area (Å²) in [6.07, 6.45) is -2.59. The summed E-state index contributed by atoms with van der Waals surface area (Å²) in [4.78, 5) is 29.2. The Kier molecular flexibility index (Phi) is 9.03. The summed E-state index contributed by atoms with van der Waals surface area (Å²) in [6, 6.07) is 20.8. The van der Waals surface area contributed by atoms with Crippen LogP contribution in [0.15, 0.2) is 67.0 Å². The van der Waals surface area contributed by atoms with Crippen LogP contribution in [-0.2, 0) is 9.53 Å². The Morgan fingerprint density at radius 1 is 1.02 bits per heavy atom. The van der Waals surface area contributed by atoms with Crippen LogP contribution < -0.4 is 16.0 Å². The van der Waals surface area contributed by atoms with Crippen LogP contribution in [0.4, 0.5) is 11.8 Å². The Labute approximate surface area is 256 Å². The first-order valence-corrected chi connectivity index (χ1v) is 15.3. The number of nitrogens with zero attached hydrogens (tertiary/aromatic N) is 5. The number of carbonyl (C=O) groups excluding carboxylic acids is 1. The molecule has 0 bridgehead atoms. The fourth-order valence-electron chi connectivity index (χ4n) is 6.09. The van der Waals surface area contributed by atoms with Crippen LogP contribution in [0, 0.1) is 0 Å². The molecule has 232 valence electrons. The number of likely N-dealkylation sites (N-methyl/N-ethyl adjacent to an activating group) is 2. The molecular formula is C32H40N8O4. The summed E-state index contributed by atoms with van der Waals surface area (Å²) in [6.45, 7) is 7.70. The molecular weight excluding hydrogens is 560 g/mol. The highest BCUT2D eigenvalue weighted by Crippen LogP contribution is 2.34. The minimum absolute atomic E-state index is 0.0434. The number of hydrogen-bond donors (Lipinski definition) is 5. The first-order chi connectivity index (χ1) is 21.5. The fourth-order valence-corrected chi connectivity index (χ4v) is 6.09. The summed E-state index contributed by atoms with van der Waals surface area (Å²) >= 11 is 0.